The molecule has 0 spiro atoms. The van der Waals surface area contributed by atoms with Gasteiger partial charge in [0.25, 0.3) is 5.69 Å². The SMILES string of the molecule is CC[C@@](C)(O)CNc1cc(C#N)cc([N+](=O)[O-])c1C. The molecule has 0 fully saturated rings. The number of hydrogen-bond donors (Lipinski definition) is 2. The van der Waals surface area contributed by atoms with Crippen LogP contribution in [0.3, 0.4) is 0 Å². The molecule has 0 unspecified atom stereocenters. The van der Waals surface area contributed by atoms with Crippen LogP contribution in [0.5, 0.6) is 0 Å². The molecule has 19 heavy (non-hydrogen) atoms. The van der Waals surface area contributed by atoms with E-state index in [0.29, 0.717) is 17.7 Å². The van der Waals surface area contributed by atoms with Crippen molar-refractivity contribution in [3.8, 4) is 6.07 Å². The van der Waals surface area contributed by atoms with Crippen LogP contribution in [0.1, 0.15) is 31.4 Å². The van der Waals surface area contributed by atoms with Crippen LogP contribution in [0.4, 0.5) is 11.4 Å². The number of benzene rings is 1. The average molecular weight is 263 g/mol. The first kappa shape index (κ1) is 14.9. The van der Waals surface area contributed by atoms with Crippen molar-refractivity contribution >= 4 is 11.4 Å². The number of hydrogen-bond acceptors (Lipinski definition) is 5. The first-order chi connectivity index (χ1) is 8.80. The number of nitro groups is 1. The van der Waals surface area contributed by atoms with Crippen molar-refractivity contribution in [3.63, 3.8) is 0 Å². The van der Waals surface area contributed by atoms with Gasteiger partial charge in [0.1, 0.15) is 0 Å². The highest BCUT2D eigenvalue weighted by Gasteiger charge is 2.20. The van der Waals surface area contributed by atoms with E-state index in [0.717, 1.165) is 0 Å². The Morgan fingerprint density at radius 2 is 2.21 bits per heavy atom. The third-order valence-corrected chi connectivity index (χ3v) is 3.13. The maximum atomic E-state index is 10.9. The summed E-state index contributed by atoms with van der Waals surface area (Å²) in [6, 6.07) is 4.69. The van der Waals surface area contributed by atoms with Crippen LogP contribution in [-0.2, 0) is 0 Å². The van der Waals surface area contributed by atoms with Gasteiger partial charge in [-0.3, -0.25) is 10.1 Å². The van der Waals surface area contributed by atoms with Crippen LogP contribution in [0.2, 0.25) is 0 Å². The monoisotopic (exact) mass is 263 g/mol. The van der Waals surface area contributed by atoms with Crippen molar-refractivity contribution < 1.29 is 10.0 Å². The lowest BCUT2D eigenvalue weighted by molar-refractivity contribution is -0.385. The summed E-state index contributed by atoms with van der Waals surface area (Å²) < 4.78 is 0. The molecular weight excluding hydrogens is 246 g/mol. The Hall–Kier alpha value is -2.13. The molecule has 0 saturated carbocycles. The third-order valence-electron chi connectivity index (χ3n) is 3.13. The first-order valence-electron chi connectivity index (χ1n) is 5.96. The molecule has 2 N–H and O–H groups in total. The highest BCUT2D eigenvalue weighted by molar-refractivity contribution is 5.64. The summed E-state index contributed by atoms with van der Waals surface area (Å²) in [6.07, 6.45) is 0.555. The summed E-state index contributed by atoms with van der Waals surface area (Å²) in [4.78, 5) is 10.4. The van der Waals surface area contributed by atoms with E-state index in [9.17, 15) is 15.2 Å². The van der Waals surface area contributed by atoms with Gasteiger partial charge in [0, 0.05) is 23.9 Å². The topological polar surface area (TPSA) is 99.2 Å². The molecular formula is C13H17N3O3. The number of rotatable bonds is 5. The van der Waals surface area contributed by atoms with E-state index < -0.39 is 10.5 Å². The van der Waals surface area contributed by atoms with E-state index in [1.54, 1.807) is 19.9 Å². The van der Waals surface area contributed by atoms with Gasteiger partial charge in [-0.2, -0.15) is 5.26 Å². The number of nitrogens with zero attached hydrogens (tertiary/aromatic N) is 2. The minimum absolute atomic E-state index is 0.0994. The molecule has 6 heteroatoms. The Balaban J connectivity index is 3.11. The summed E-state index contributed by atoms with van der Waals surface area (Å²) in [5.74, 6) is 0. The zero-order chi connectivity index (χ0) is 14.6. The van der Waals surface area contributed by atoms with Crippen LogP contribution in [-0.4, -0.2) is 22.2 Å². The van der Waals surface area contributed by atoms with Crippen LogP contribution >= 0.6 is 0 Å². The lowest BCUT2D eigenvalue weighted by atomic mass is 10.0. The fourth-order valence-corrected chi connectivity index (χ4v) is 1.55. The fourth-order valence-electron chi connectivity index (χ4n) is 1.55. The second kappa shape index (κ2) is 5.67. The zero-order valence-corrected chi connectivity index (χ0v) is 11.2. The second-order valence-electron chi connectivity index (χ2n) is 4.74. The summed E-state index contributed by atoms with van der Waals surface area (Å²) in [7, 11) is 0. The van der Waals surface area contributed by atoms with Crippen molar-refractivity contribution in [1.82, 2.24) is 0 Å². The molecule has 0 radical (unpaired) electrons. The van der Waals surface area contributed by atoms with Gasteiger partial charge in [-0.25, -0.2) is 0 Å². The molecule has 0 aliphatic carbocycles. The molecule has 0 saturated heterocycles. The van der Waals surface area contributed by atoms with E-state index in [-0.39, 0.29) is 17.8 Å². The molecule has 102 valence electrons. The smallest absolute Gasteiger partial charge is 0.275 e. The molecule has 0 amide bonds. The van der Waals surface area contributed by atoms with E-state index >= 15 is 0 Å². The summed E-state index contributed by atoms with van der Waals surface area (Å²) in [5.41, 5.74) is 0.174. The van der Waals surface area contributed by atoms with Crippen molar-refractivity contribution in [2.24, 2.45) is 0 Å². The zero-order valence-electron chi connectivity index (χ0n) is 11.2. The molecule has 1 aromatic carbocycles. The van der Waals surface area contributed by atoms with Gasteiger partial charge in [-0.05, 0) is 26.3 Å². The molecule has 1 rings (SSSR count). The molecule has 0 heterocycles. The van der Waals surface area contributed by atoms with Gasteiger partial charge >= 0.3 is 0 Å². The molecule has 1 aromatic rings. The number of nitro benzene ring substituents is 1. The number of nitrogens with one attached hydrogen (secondary N) is 1. The molecule has 1 atom stereocenters. The second-order valence-corrected chi connectivity index (χ2v) is 4.74. The summed E-state index contributed by atoms with van der Waals surface area (Å²) in [5, 5.41) is 32.7. The standard InChI is InChI=1S/C13H17N3O3/c1-4-13(3,17)8-15-11-5-10(7-14)6-12(9(11)2)16(18)19/h5-6,15,17H,4,8H2,1-3H3/t13-/m1/s1. The maximum Gasteiger partial charge on any atom is 0.275 e. The van der Waals surface area contributed by atoms with Gasteiger partial charge in [-0.1, -0.05) is 6.92 Å². The van der Waals surface area contributed by atoms with Crippen LogP contribution < -0.4 is 5.32 Å². The van der Waals surface area contributed by atoms with Crippen molar-refractivity contribution in [2.75, 3.05) is 11.9 Å². The van der Waals surface area contributed by atoms with Crippen molar-refractivity contribution in [3.05, 3.63) is 33.4 Å². The summed E-state index contributed by atoms with van der Waals surface area (Å²) in [6.45, 7) is 5.40. The average Bonchev–Trinajstić information content (AvgIpc) is 2.37. The fraction of sp³-hybridized carbons (Fsp3) is 0.462. The number of anilines is 1. The minimum Gasteiger partial charge on any atom is -0.388 e. The predicted molar refractivity (Wildman–Crippen MR) is 72.0 cm³/mol. The Morgan fingerprint density at radius 1 is 1.58 bits per heavy atom. The normalized spacial score (nSPS) is 13.4. The predicted octanol–water partition coefficient (Wildman–Crippen LogP) is 2.35. The highest BCUT2D eigenvalue weighted by atomic mass is 16.6. The van der Waals surface area contributed by atoms with E-state index in [1.807, 2.05) is 13.0 Å². The lowest BCUT2D eigenvalue weighted by Crippen LogP contribution is -2.32. The van der Waals surface area contributed by atoms with E-state index in [1.165, 1.54) is 6.07 Å². The van der Waals surface area contributed by atoms with Gasteiger partial charge in [0.05, 0.1) is 22.2 Å². The molecule has 0 aliphatic heterocycles. The number of aliphatic hydroxyl groups is 1. The Morgan fingerprint density at radius 3 is 2.68 bits per heavy atom. The molecule has 6 nitrogen and oxygen atoms in total. The van der Waals surface area contributed by atoms with Gasteiger partial charge in [0.15, 0.2) is 0 Å². The van der Waals surface area contributed by atoms with Crippen LogP contribution in [0, 0.1) is 28.4 Å². The molecule has 0 aliphatic rings. The van der Waals surface area contributed by atoms with E-state index in [4.69, 9.17) is 5.26 Å². The highest BCUT2D eigenvalue weighted by Crippen LogP contribution is 2.28. The summed E-state index contributed by atoms with van der Waals surface area (Å²) >= 11 is 0. The Labute approximate surface area is 111 Å². The third kappa shape index (κ3) is 3.66. The van der Waals surface area contributed by atoms with E-state index in [2.05, 4.69) is 5.32 Å². The van der Waals surface area contributed by atoms with Crippen LogP contribution in [0.15, 0.2) is 12.1 Å². The van der Waals surface area contributed by atoms with Crippen molar-refractivity contribution in [2.45, 2.75) is 32.8 Å². The van der Waals surface area contributed by atoms with Crippen molar-refractivity contribution in [1.29, 1.82) is 5.26 Å². The van der Waals surface area contributed by atoms with Gasteiger partial charge < -0.3 is 10.4 Å². The number of nitriles is 1. The van der Waals surface area contributed by atoms with Gasteiger partial charge in [0.2, 0.25) is 0 Å². The van der Waals surface area contributed by atoms with Crippen LogP contribution in [0.25, 0.3) is 0 Å². The first-order valence-corrected chi connectivity index (χ1v) is 5.96. The molecule has 0 aromatic heterocycles. The Bertz CT molecular complexity index is 533. The largest absolute Gasteiger partial charge is 0.388 e. The maximum absolute atomic E-state index is 10.9. The lowest BCUT2D eigenvalue weighted by Gasteiger charge is -2.23. The quantitative estimate of drug-likeness (QED) is 0.627. The Kier molecular flexibility index (Phi) is 4.46. The minimum atomic E-state index is -0.899. The molecule has 0 bridgehead atoms. The van der Waals surface area contributed by atoms with Gasteiger partial charge in [-0.15, -0.1) is 0 Å².